The number of rotatable bonds is 3. The van der Waals surface area contributed by atoms with Crippen LogP contribution in [-0.4, -0.2) is 21.8 Å². The van der Waals surface area contributed by atoms with Crippen LogP contribution in [0.2, 0.25) is 0 Å². The molecule has 25 heavy (non-hydrogen) atoms. The monoisotopic (exact) mass is 399 g/mol. The molecule has 4 rings (SSSR count). The van der Waals surface area contributed by atoms with Crippen LogP contribution < -0.4 is 5.32 Å². The first-order chi connectivity index (χ1) is 12.1. The molecule has 1 aromatic carbocycles. The average molecular weight is 400 g/mol. The van der Waals surface area contributed by atoms with Gasteiger partial charge in [0.05, 0.1) is 11.3 Å². The lowest BCUT2D eigenvalue weighted by Gasteiger charge is -2.36. The van der Waals surface area contributed by atoms with Crippen molar-refractivity contribution in [1.29, 1.82) is 0 Å². The van der Waals surface area contributed by atoms with Crippen molar-refractivity contribution in [3.8, 4) is 0 Å². The Labute approximate surface area is 156 Å². The minimum atomic E-state index is -0.188. The summed E-state index contributed by atoms with van der Waals surface area (Å²) in [4.78, 5) is 19.6. The summed E-state index contributed by atoms with van der Waals surface area (Å²) in [5, 5.41) is 3.56. The first-order valence-corrected chi connectivity index (χ1v) is 9.75. The van der Waals surface area contributed by atoms with E-state index in [1.165, 1.54) is 24.8 Å². The van der Waals surface area contributed by atoms with Crippen molar-refractivity contribution in [1.82, 2.24) is 9.88 Å². The molecule has 5 heteroatoms. The first kappa shape index (κ1) is 16.6. The lowest BCUT2D eigenvalue weighted by molar-refractivity contribution is 0.0599. The molecular formula is C20H22BrN3O. The molecular weight excluding hydrogens is 378 g/mol. The lowest BCUT2D eigenvalue weighted by atomic mass is 9.94. The summed E-state index contributed by atoms with van der Waals surface area (Å²) in [6.07, 6.45) is 7.41. The molecule has 1 saturated carbocycles. The highest BCUT2D eigenvalue weighted by Gasteiger charge is 2.41. The Morgan fingerprint density at radius 2 is 2.00 bits per heavy atom. The van der Waals surface area contributed by atoms with Gasteiger partial charge in [-0.15, -0.1) is 0 Å². The maximum Gasteiger partial charge on any atom is 0.258 e. The Kier molecular flexibility index (Phi) is 4.50. The van der Waals surface area contributed by atoms with E-state index in [0.29, 0.717) is 6.04 Å². The third-order valence-corrected chi connectivity index (χ3v) is 6.16. The number of hydrogen-bond acceptors (Lipinski definition) is 3. The Balaban J connectivity index is 1.69. The summed E-state index contributed by atoms with van der Waals surface area (Å²) in [6.45, 7) is 2.07. The highest BCUT2D eigenvalue weighted by atomic mass is 79.9. The molecule has 0 radical (unpaired) electrons. The minimum Gasteiger partial charge on any atom is -0.360 e. The van der Waals surface area contributed by atoms with Crippen molar-refractivity contribution in [2.45, 2.75) is 51.2 Å². The average Bonchev–Trinajstić information content (AvgIpc) is 2.91. The van der Waals surface area contributed by atoms with Gasteiger partial charge in [0.1, 0.15) is 6.17 Å². The van der Waals surface area contributed by atoms with E-state index in [1.807, 2.05) is 29.2 Å². The number of anilines is 1. The molecule has 2 aromatic rings. The van der Waals surface area contributed by atoms with Gasteiger partial charge in [-0.1, -0.05) is 35.2 Å². The fourth-order valence-corrected chi connectivity index (χ4v) is 4.22. The number of nitrogens with one attached hydrogen (secondary N) is 1. The fraction of sp³-hybridized carbons (Fsp3) is 0.400. The van der Waals surface area contributed by atoms with Gasteiger partial charge >= 0.3 is 0 Å². The molecule has 1 N–H and O–H groups in total. The number of halogens is 1. The van der Waals surface area contributed by atoms with Gasteiger partial charge in [-0.05, 0) is 55.7 Å². The Morgan fingerprint density at radius 1 is 1.20 bits per heavy atom. The lowest BCUT2D eigenvalue weighted by Crippen LogP contribution is -2.42. The highest BCUT2D eigenvalue weighted by molar-refractivity contribution is 9.10. The predicted octanol–water partition coefficient (Wildman–Crippen LogP) is 5.05. The number of fused-ring (bicyclic) bond motifs is 1. The number of hydrogen-bond donors (Lipinski definition) is 1. The summed E-state index contributed by atoms with van der Waals surface area (Å²) in [5.41, 5.74) is 3.76. The Hall–Kier alpha value is -1.88. The van der Waals surface area contributed by atoms with Crippen LogP contribution in [-0.2, 0) is 0 Å². The minimum absolute atomic E-state index is 0.112. The van der Waals surface area contributed by atoms with E-state index in [4.69, 9.17) is 0 Å². The number of nitrogens with zero attached hydrogens (tertiary/aromatic N) is 2. The molecule has 1 fully saturated rings. The van der Waals surface area contributed by atoms with Gasteiger partial charge in [0.2, 0.25) is 0 Å². The number of aryl methyl sites for hydroxylation is 1. The van der Waals surface area contributed by atoms with Crippen LogP contribution in [0.3, 0.4) is 0 Å². The summed E-state index contributed by atoms with van der Waals surface area (Å²) in [6, 6.07) is 10.2. The molecule has 1 unspecified atom stereocenters. The molecule has 130 valence electrons. The van der Waals surface area contributed by atoms with E-state index in [0.717, 1.165) is 34.3 Å². The van der Waals surface area contributed by atoms with E-state index in [-0.39, 0.29) is 12.1 Å². The van der Waals surface area contributed by atoms with Crippen LogP contribution in [0.1, 0.15) is 59.9 Å². The topological polar surface area (TPSA) is 45.2 Å². The molecule has 2 heterocycles. The van der Waals surface area contributed by atoms with E-state index >= 15 is 0 Å². The van der Waals surface area contributed by atoms with Crippen molar-refractivity contribution in [3.05, 3.63) is 57.8 Å². The zero-order valence-electron chi connectivity index (χ0n) is 14.3. The van der Waals surface area contributed by atoms with Crippen molar-refractivity contribution in [2.75, 3.05) is 5.32 Å². The quantitative estimate of drug-likeness (QED) is 0.784. The van der Waals surface area contributed by atoms with Gasteiger partial charge in [-0.2, -0.15) is 0 Å². The molecule has 0 saturated heterocycles. The molecule has 1 aromatic heterocycles. The predicted molar refractivity (Wildman–Crippen MR) is 103 cm³/mol. The van der Waals surface area contributed by atoms with E-state index < -0.39 is 0 Å². The molecule has 0 spiro atoms. The zero-order chi connectivity index (χ0) is 17.4. The van der Waals surface area contributed by atoms with Crippen LogP contribution in [0, 0.1) is 6.92 Å². The summed E-state index contributed by atoms with van der Waals surface area (Å²) in [5.74, 6) is 0.112. The Bertz CT molecular complexity index is 801. The number of carbonyl (C=O) groups is 1. The van der Waals surface area contributed by atoms with Crippen LogP contribution in [0.5, 0.6) is 0 Å². The van der Waals surface area contributed by atoms with E-state index in [9.17, 15) is 4.79 Å². The Morgan fingerprint density at radius 3 is 2.76 bits per heavy atom. The molecule has 4 nitrogen and oxygen atoms in total. The van der Waals surface area contributed by atoms with Crippen LogP contribution >= 0.6 is 15.9 Å². The third-order valence-electron chi connectivity index (χ3n) is 5.27. The standard InChI is InChI=1S/C20H22BrN3O/c1-13-12-14(9-10-17(13)21)23-19-18-16(8-5-11-22-18)20(25)24(19)15-6-3-2-4-7-15/h5,8-12,15,19,23H,2-4,6-7H2,1H3. The number of pyridine rings is 1. The zero-order valence-corrected chi connectivity index (χ0v) is 15.9. The number of benzene rings is 1. The maximum absolute atomic E-state index is 13.1. The smallest absolute Gasteiger partial charge is 0.258 e. The van der Waals surface area contributed by atoms with Gasteiger partial charge in [0.25, 0.3) is 5.91 Å². The van der Waals surface area contributed by atoms with Gasteiger partial charge in [-0.25, -0.2) is 0 Å². The van der Waals surface area contributed by atoms with E-state index in [2.05, 4.69) is 39.2 Å². The SMILES string of the molecule is Cc1cc(NC2c3ncccc3C(=O)N2C2CCCCC2)ccc1Br. The molecule has 1 atom stereocenters. The van der Waals surface area contributed by atoms with Gasteiger partial charge < -0.3 is 10.2 Å². The second-order valence-electron chi connectivity index (χ2n) is 6.95. The van der Waals surface area contributed by atoms with Crippen molar-refractivity contribution >= 4 is 27.5 Å². The summed E-state index contributed by atoms with van der Waals surface area (Å²) in [7, 11) is 0. The number of aromatic nitrogens is 1. The van der Waals surface area contributed by atoms with Crippen LogP contribution in [0.4, 0.5) is 5.69 Å². The summed E-state index contributed by atoms with van der Waals surface area (Å²) >= 11 is 3.55. The molecule has 1 aliphatic heterocycles. The second kappa shape index (κ2) is 6.79. The van der Waals surface area contributed by atoms with Crippen molar-refractivity contribution in [3.63, 3.8) is 0 Å². The highest BCUT2D eigenvalue weighted by Crippen LogP contribution is 2.38. The fourth-order valence-electron chi connectivity index (χ4n) is 3.97. The molecule has 1 amide bonds. The first-order valence-electron chi connectivity index (χ1n) is 8.95. The maximum atomic E-state index is 13.1. The van der Waals surface area contributed by atoms with Gasteiger partial charge in [0, 0.05) is 22.4 Å². The van der Waals surface area contributed by atoms with Crippen molar-refractivity contribution in [2.24, 2.45) is 0 Å². The van der Waals surface area contributed by atoms with Gasteiger partial charge in [0.15, 0.2) is 0 Å². The molecule has 1 aliphatic carbocycles. The van der Waals surface area contributed by atoms with Crippen LogP contribution in [0.25, 0.3) is 0 Å². The van der Waals surface area contributed by atoms with Crippen molar-refractivity contribution < 1.29 is 4.79 Å². The molecule has 0 bridgehead atoms. The largest absolute Gasteiger partial charge is 0.360 e. The van der Waals surface area contributed by atoms with E-state index in [1.54, 1.807) is 6.20 Å². The molecule has 2 aliphatic rings. The summed E-state index contributed by atoms with van der Waals surface area (Å²) < 4.78 is 1.09. The second-order valence-corrected chi connectivity index (χ2v) is 7.81. The van der Waals surface area contributed by atoms with Gasteiger partial charge in [-0.3, -0.25) is 9.78 Å². The normalized spacial score (nSPS) is 20.6. The third kappa shape index (κ3) is 3.06. The number of carbonyl (C=O) groups excluding carboxylic acids is 1. The van der Waals surface area contributed by atoms with Crippen LogP contribution in [0.15, 0.2) is 41.0 Å². The number of amides is 1.